The third kappa shape index (κ3) is 2.56. The van der Waals surface area contributed by atoms with Crippen LogP contribution in [0.15, 0.2) is 18.2 Å². The number of hydrogen-bond acceptors (Lipinski definition) is 1. The first-order valence-corrected chi connectivity index (χ1v) is 8.30. The lowest BCUT2D eigenvalue weighted by Gasteiger charge is -2.17. The summed E-state index contributed by atoms with van der Waals surface area (Å²) in [4.78, 5) is 4.72. The minimum absolute atomic E-state index is 0.492. The number of imidazole rings is 1. The van der Waals surface area contributed by atoms with Gasteiger partial charge < -0.3 is 4.57 Å². The van der Waals surface area contributed by atoms with Crippen LogP contribution in [-0.4, -0.2) is 15.4 Å². The number of aromatic nitrogens is 2. The number of nitrogens with zero attached hydrogens (tertiary/aromatic N) is 2. The second kappa shape index (κ2) is 5.57. The van der Waals surface area contributed by atoms with E-state index in [0.29, 0.717) is 11.3 Å². The fraction of sp³-hybridized carbons (Fsp3) is 0.562. The molecule has 2 nitrogen and oxygen atoms in total. The molecule has 1 saturated carbocycles. The minimum Gasteiger partial charge on any atom is -0.327 e. The van der Waals surface area contributed by atoms with E-state index < -0.39 is 0 Å². The topological polar surface area (TPSA) is 17.8 Å². The number of benzene rings is 1. The zero-order valence-electron chi connectivity index (χ0n) is 11.8. The molecule has 0 radical (unpaired) electrons. The van der Waals surface area contributed by atoms with E-state index in [0.717, 1.165) is 34.8 Å². The van der Waals surface area contributed by atoms with Gasteiger partial charge in [0, 0.05) is 18.8 Å². The SMILES string of the molecule is CCCC1(Cn2c(CCCl)nc3c(Cl)cccc32)CC1. The highest BCUT2D eigenvalue weighted by Gasteiger charge is 2.42. The Kier molecular flexibility index (Phi) is 3.96. The van der Waals surface area contributed by atoms with E-state index in [1.807, 2.05) is 12.1 Å². The van der Waals surface area contributed by atoms with Gasteiger partial charge in [0.05, 0.1) is 10.5 Å². The molecule has 0 amide bonds. The van der Waals surface area contributed by atoms with Crippen LogP contribution in [0.2, 0.25) is 5.02 Å². The van der Waals surface area contributed by atoms with Crippen LogP contribution in [0.1, 0.15) is 38.4 Å². The molecule has 1 aliphatic carbocycles. The van der Waals surface area contributed by atoms with E-state index in [4.69, 9.17) is 28.2 Å². The highest BCUT2D eigenvalue weighted by atomic mass is 35.5. The van der Waals surface area contributed by atoms with E-state index in [2.05, 4.69) is 17.6 Å². The monoisotopic (exact) mass is 310 g/mol. The molecular formula is C16H20Cl2N2. The van der Waals surface area contributed by atoms with E-state index in [-0.39, 0.29) is 0 Å². The van der Waals surface area contributed by atoms with Crippen molar-refractivity contribution in [3.8, 4) is 0 Å². The van der Waals surface area contributed by atoms with Crippen molar-refractivity contribution in [2.24, 2.45) is 5.41 Å². The summed E-state index contributed by atoms with van der Waals surface area (Å²) in [7, 11) is 0. The van der Waals surface area contributed by atoms with Gasteiger partial charge >= 0.3 is 0 Å². The summed E-state index contributed by atoms with van der Waals surface area (Å²) in [6, 6.07) is 6.03. The van der Waals surface area contributed by atoms with Crippen LogP contribution in [0.4, 0.5) is 0 Å². The largest absolute Gasteiger partial charge is 0.327 e. The molecule has 1 aromatic heterocycles. The summed E-state index contributed by atoms with van der Waals surface area (Å²) in [5.74, 6) is 1.67. The molecule has 0 spiro atoms. The van der Waals surface area contributed by atoms with Crippen LogP contribution in [0.3, 0.4) is 0 Å². The first-order valence-electron chi connectivity index (χ1n) is 7.39. The summed E-state index contributed by atoms with van der Waals surface area (Å²) in [6.45, 7) is 3.33. The molecule has 1 fully saturated rings. The van der Waals surface area contributed by atoms with Gasteiger partial charge in [-0.2, -0.15) is 0 Å². The molecule has 1 aliphatic rings. The number of halogens is 2. The van der Waals surface area contributed by atoms with Gasteiger partial charge in [0.1, 0.15) is 11.3 Å². The Morgan fingerprint density at radius 3 is 2.80 bits per heavy atom. The van der Waals surface area contributed by atoms with Crippen LogP contribution >= 0.6 is 23.2 Å². The van der Waals surface area contributed by atoms with Crippen LogP contribution in [0.5, 0.6) is 0 Å². The van der Waals surface area contributed by atoms with E-state index in [1.54, 1.807) is 0 Å². The number of hydrogen-bond donors (Lipinski definition) is 0. The Morgan fingerprint density at radius 2 is 2.15 bits per heavy atom. The summed E-state index contributed by atoms with van der Waals surface area (Å²) in [5, 5.41) is 0.734. The lowest BCUT2D eigenvalue weighted by Crippen LogP contribution is -2.14. The summed E-state index contributed by atoms with van der Waals surface area (Å²) in [6.07, 6.45) is 6.02. The fourth-order valence-electron chi connectivity index (χ4n) is 3.14. The summed E-state index contributed by atoms with van der Waals surface area (Å²) >= 11 is 12.2. The molecule has 1 aromatic carbocycles. The minimum atomic E-state index is 0.492. The zero-order valence-corrected chi connectivity index (χ0v) is 13.3. The van der Waals surface area contributed by atoms with Crippen LogP contribution in [0.25, 0.3) is 11.0 Å². The Bertz CT molecular complexity index is 614. The molecule has 4 heteroatoms. The molecule has 20 heavy (non-hydrogen) atoms. The zero-order chi connectivity index (χ0) is 14.2. The third-order valence-corrected chi connectivity index (χ3v) is 4.85. The van der Waals surface area contributed by atoms with Gasteiger partial charge in [-0.05, 0) is 36.8 Å². The van der Waals surface area contributed by atoms with Gasteiger partial charge in [0.15, 0.2) is 0 Å². The van der Waals surface area contributed by atoms with Crippen molar-refractivity contribution in [3.63, 3.8) is 0 Å². The van der Waals surface area contributed by atoms with E-state index in [9.17, 15) is 0 Å². The Balaban J connectivity index is 2.03. The van der Waals surface area contributed by atoms with Gasteiger partial charge in [0.2, 0.25) is 0 Å². The molecule has 0 bridgehead atoms. The predicted octanol–water partition coefficient (Wildman–Crippen LogP) is 5.05. The highest BCUT2D eigenvalue weighted by molar-refractivity contribution is 6.34. The molecule has 0 N–H and O–H groups in total. The van der Waals surface area contributed by atoms with E-state index in [1.165, 1.54) is 25.7 Å². The van der Waals surface area contributed by atoms with Crippen LogP contribution in [-0.2, 0) is 13.0 Å². The van der Waals surface area contributed by atoms with Crippen molar-refractivity contribution in [2.45, 2.75) is 45.6 Å². The molecule has 0 aliphatic heterocycles. The van der Waals surface area contributed by atoms with Crippen molar-refractivity contribution >= 4 is 34.2 Å². The standard InChI is InChI=1S/C16H20Cl2N2/c1-2-7-16(8-9-16)11-20-13-5-3-4-12(18)15(13)19-14(20)6-10-17/h3-5H,2,6-11H2,1H3. The molecule has 0 saturated heterocycles. The summed E-state index contributed by atoms with van der Waals surface area (Å²) in [5.41, 5.74) is 2.56. The fourth-order valence-corrected chi connectivity index (χ4v) is 3.52. The Morgan fingerprint density at radius 1 is 1.35 bits per heavy atom. The van der Waals surface area contributed by atoms with Gasteiger partial charge in [-0.15, -0.1) is 11.6 Å². The van der Waals surface area contributed by atoms with Gasteiger partial charge in [-0.25, -0.2) is 4.98 Å². The second-order valence-electron chi connectivity index (χ2n) is 5.91. The van der Waals surface area contributed by atoms with Gasteiger partial charge in [-0.1, -0.05) is 31.0 Å². The highest BCUT2D eigenvalue weighted by Crippen LogP contribution is 2.51. The summed E-state index contributed by atoms with van der Waals surface area (Å²) < 4.78 is 2.35. The van der Waals surface area contributed by atoms with Gasteiger partial charge in [-0.3, -0.25) is 0 Å². The number of fused-ring (bicyclic) bond motifs is 1. The lowest BCUT2D eigenvalue weighted by atomic mass is 10.0. The van der Waals surface area contributed by atoms with Crippen LogP contribution in [0, 0.1) is 5.41 Å². The van der Waals surface area contributed by atoms with E-state index >= 15 is 0 Å². The van der Waals surface area contributed by atoms with Crippen molar-refractivity contribution in [3.05, 3.63) is 29.0 Å². The molecule has 2 aromatic rings. The molecular weight excluding hydrogens is 291 g/mol. The third-order valence-electron chi connectivity index (χ3n) is 4.36. The number of aryl methyl sites for hydroxylation is 1. The molecule has 108 valence electrons. The van der Waals surface area contributed by atoms with Crippen molar-refractivity contribution < 1.29 is 0 Å². The molecule has 1 heterocycles. The molecule has 0 unspecified atom stereocenters. The van der Waals surface area contributed by atoms with Crippen molar-refractivity contribution in [1.29, 1.82) is 0 Å². The smallest absolute Gasteiger partial charge is 0.111 e. The average molecular weight is 311 g/mol. The average Bonchev–Trinajstić information content (AvgIpc) is 3.09. The number of alkyl halides is 1. The quantitative estimate of drug-likeness (QED) is 0.682. The predicted molar refractivity (Wildman–Crippen MR) is 85.7 cm³/mol. The van der Waals surface area contributed by atoms with Gasteiger partial charge in [0.25, 0.3) is 0 Å². The maximum Gasteiger partial charge on any atom is 0.111 e. The normalized spacial score (nSPS) is 16.8. The van der Waals surface area contributed by atoms with Crippen molar-refractivity contribution in [2.75, 3.05) is 5.88 Å². The Labute approximate surface area is 130 Å². The maximum atomic E-state index is 6.28. The second-order valence-corrected chi connectivity index (χ2v) is 6.70. The molecule has 3 rings (SSSR count). The molecule has 0 atom stereocenters. The number of rotatable bonds is 6. The first kappa shape index (κ1) is 14.2. The van der Waals surface area contributed by atoms with Crippen LogP contribution < -0.4 is 0 Å². The Hall–Kier alpha value is -0.730. The lowest BCUT2D eigenvalue weighted by molar-refractivity contribution is 0.387. The maximum absolute atomic E-state index is 6.28. The first-order chi connectivity index (χ1) is 9.69. The number of para-hydroxylation sites is 1. The van der Waals surface area contributed by atoms with Crippen molar-refractivity contribution in [1.82, 2.24) is 9.55 Å².